The second kappa shape index (κ2) is 5.22. The summed E-state index contributed by atoms with van der Waals surface area (Å²) in [5, 5.41) is 0. The minimum absolute atomic E-state index is 0.698. The summed E-state index contributed by atoms with van der Waals surface area (Å²) in [5.74, 6) is 4.18. The van der Waals surface area contributed by atoms with Gasteiger partial charge in [-0.15, -0.1) is 12.3 Å². The van der Waals surface area contributed by atoms with Gasteiger partial charge in [0.2, 0.25) is 0 Å². The predicted octanol–water partition coefficient (Wildman–Crippen LogP) is 2.16. The number of terminal acetylenes is 1. The molecule has 0 radical (unpaired) electrons. The van der Waals surface area contributed by atoms with Gasteiger partial charge in [0.25, 0.3) is 0 Å². The molecule has 2 N–H and O–H groups in total. The second-order valence-electron chi connectivity index (χ2n) is 3.80. The lowest BCUT2D eigenvalue weighted by molar-refractivity contribution is 0.326. The van der Waals surface area contributed by atoms with Gasteiger partial charge in [-0.05, 0) is 31.2 Å². The van der Waals surface area contributed by atoms with Crippen LogP contribution < -0.4 is 5.73 Å². The number of hydrogen-bond donors (Lipinski definition) is 1. The van der Waals surface area contributed by atoms with E-state index in [4.69, 9.17) is 12.2 Å². The Morgan fingerprint density at radius 1 is 1.17 bits per heavy atom. The highest BCUT2D eigenvalue weighted by molar-refractivity contribution is 4.90. The van der Waals surface area contributed by atoms with Crippen molar-refractivity contribution in [1.29, 1.82) is 0 Å². The van der Waals surface area contributed by atoms with E-state index in [1.165, 1.54) is 32.1 Å². The molecule has 0 bridgehead atoms. The van der Waals surface area contributed by atoms with Gasteiger partial charge in [0.1, 0.15) is 0 Å². The van der Waals surface area contributed by atoms with Gasteiger partial charge in [-0.25, -0.2) is 0 Å². The average molecular weight is 165 g/mol. The molecule has 0 saturated heterocycles. The molecule has 2 unspecified atom stereocenters. The van der Waals surface area contributed by atoms with Crippen LogP contribution in [0.1, 0.15) is 38.5 Å². The SMILES string of the molecule is C#CCC1CCCCCC1CN. The van der Waals surface area contributed by atoms with Crippen LogP contribution in [0.3, 0.4) is 0 Å². The van der Waals surface area contributed by atoms with Crippen LogP contribution in [-0.2, 0) is 0 Å². The highest BCUT2D eigenvalue weighted by Gasteiger charge is 2.21. The van der Waals surface area contributed by atoms with Gasteiger partial charge in [-0.1, -0.05) is 19.3 Å². The molecule has 1 fully saturated rings. The molecule has 0 aliphatic heterocycles. The summed E-state index contributed by atoms with van der Waals surface area (Å²) in [7, 11) is 0. The van der Waals surface area contributed by atoms with Crippen LogP contribution >= 0.6 is 0 Å². The maximum Gasteiger partial charge on any atom is 0.0117 e. The highest BCUT2D eigenvalue weighted by atomic mass is 14.6. The summed E-state index contributed by atoms with van der Waals surface area (Å²) in [5.41, 5.74) is 5.72. The van der Waals surface area contributed by atoms with Crippen LogP contribution in [0, 0.1) is 24.2 Å². The molecule has 1 aliphatic rings. The van der Waals surface area contributed by atoms with Crippen molar-refractivity contribution < 1.29 is 0 Å². The fourth-order valence-electron chi connectivity index (χ4n) is 2.19. The van der Waals surface area contributed by atoms with Crippen molar-refractivity contribution in [3.8, 4) is 12.3 Å². The van der Waals surface area contributed by atoms with E-state index in [0.29, 0.717) is 11.8 Å². The molecule has 1 rings (SSSR count). The van der Waals surface area contributed by atoms with Crippen molar-refractivity contribution in [2.45, 2.75) is 38.5 Å². The van der Waals surface area contributed by atoms with Crippen molar-refractivity contribution in [3.05, 3.63) is 0 Å². The number of hydrogen-bond acceptors (Lipinski definition) is 1. The summed E-state index contributed by atoms with van der Waals surface area (Å²) in [4.78, 5) is 0. The van der Waals surface area contributed by atoms with Crippen LogP contribution in [0.2, 0.25) is 0 Å². The normalized spacial score (nSPS) is 30.7. The Bertz CT molecular complexity index is 157. The van der Waals surface area contributed by atoms with E-state index in [0.717, 1.165) is 13.0 Å². The molecule has 2 atom stereocenters. The molecule has 0 aromatic carbocycles. The maximum absolute atomic E-state index is 5.72. The van der Waals surface area contributed by atoms with Crippen LogP contribution in [0.15, 0.2) is 0 Å². The van der Waals surface area contributed by atoms with Gasteiger partial charge in [0.05, 0.1) is 0 Å². The minimum atomic E-state index is 0.698. The van der Waals surface area contributed by atoms with E-state index >= 15 is 0 Å². The topological polar surface area (TPSA) is 26.0 Å². The van der Waals surface area contributed by atoms with E-state index in [-0.39, 0.29) is 0 Å². The third-order valence-electron chi connectivity index (χ3n) is 3.00. The van der Waals surface area contributed by atoms with Crippen LogP contribution in [0.4, 0.5) is 0 Å². The number of nitrogens with two attached hydrogens (primary N) is 1. The van der Waals surface area contributed by atoms with Gasteiger partial charge in [0, 0.05) is 6.42 Å². The fraction of sp³-hybridized carbons (Fsp3) is 0.818. The smallest absolute Gasteiger partial charge is 0.0117 e. The van der Waals surface area contributed by atoms with Crippen molar-refractivity contribution >= 4 is 0 Å². The molecule has 1 heteroatoms. The highest BCUT2D eigenvalue weighted by Crippen LogP contribution is 2.29. The molecule has 1 aliphatic carbocycles. The van der Waals surface area contributed by atoms with E-state index in [1.807, 2.05) is 0 Å². The number of rotatable bonds is 2. The molecule has 0 heterocycles. The Hall–Kier alpha value is -0.480. The van der Waals surface area contributed by atoms with Gasteiger partial charge in [-0.3, -0.25) is 0 Å². The fourth-order valence-corrected chi connectivity index (χ4v) is 2.19. The van der Waals surface area contributed by atoms with E-state index < -0.39 is 0 Å². The largest absolute Gasteiger partial charge is 0.330 e. The zero-order chi connectivity index (χ0) is 8.81. The lowest BCUT2D eigenvalue weighted by atomic mass is 9.86. The Kier molecular flexibility index (Phi) is 4.18. The Morgan fingerprint density at radius 3 is 2.42 bits per heavy atom. The quantitative estimate of drug-likeness (QED) is 0.492. The maximum atomic E-state index is 5.72. The molecule has 0 aromatic heterocycles. The van der Waals surface area contributed by atoms with Crippen LogP contribution in [0.5, 0.6) is 0 Å². The Labute approximate surface area is 75.7 Å². The van der Waals surface area contributed by atoms with Crippen molar-refractivity contribution in [2.75, 3.05) is 6.54 Å². The van der Waals surface area contributed by atoms with Crippen LogP contribution in [-0.4, -0.2) is 6.54 Å². The predicted molar refractivity (Wildman–Crippen MR) is 52.6 cm³/mol. The van der Waals surface area contributed by atoms with Crippen LogP contribution in [0.25, 0.3) is 0 Å². The van der Waals surface area contributed by atoms with Crippen molar-refractivity contribution in [3.63, 3.8) is 0 Å². The minimum Gasteiger partial charge on any atom is -0.330 e. The molecule has 12 heavy (non-hydrogen) atoms. The van der Waals surface area contributed by atoms with E-state index in [9.17, 15) is 0 Å². The summed E-state index contributed by atoms with van der Waals surface area (Å²) in [6.07, 6.45) is 12.9. The molecule has 0 aromatic rings. The van der Waals surface area contributed by atoms with Crippen molar-refractivity contribution in [1.82, 2.24) is 0 Å². The Morgan fingerprint density at radius 2 is 1.83 bits per heavy atom. The van der Waals surface area contributed by atoms with Gasteiger partial charge in [0.15, 0.2) is 0 Å². The molecule has 68 valence electrons. The average Bonchev–Trinajstić information content (AvgIpc) is 2.30. The summed E-state index contributed by atoms with van der Waals surface area (Å²) >= 11 is 0. The standard InChI is InChI=1S/C11H19N/c1-2-6-10-7-4-3-5-8-11(10)9-12/h1,10-11H,3-9,12H2. The molecule has 1 nitrogen and oxygen atoms in total. The first kappa shape index (κ1) is 9.61. The van der Waals surface area contributed by atoms with Gasteiger partial charge >= 0.3 is 0 Å². The summed E-state index contributed by atoms with van der Waals surface area (Å²) in [6, 6.07) is 0. The van der Waals surface area contributed by atoms with E-state index in [1.54, 1.807) is 0 Å². The zero-order valence-corrected chi connectivity index (χ0v) is 7.76. The molecule has 0 amide bonds. The molecule has 1 saturated carbocycles. The third kappa shape index (κ3) is 2.53. The van der Waals surface area contributed by atoms with Crippen molar-refractivity contribution in [2.24, 2.45) is 17.6 Å². The lowest BCUT2D eigenvalue weighted by Crippen LogP contribution is -2.22. The third-order valence-corrected chi connectivity index (χ3v) is 3.00. The van der Waals surface area contributed by atoms with Gasteiger partial charge in [-0.2, -0.15) is 0 Å². The first-order chi connectivity index (χ1) is 5.88. The second-order valence-corrected chi connectivity index (χ2v) is 3.80. The molecular formula is C11H19N. The lowest BCUT2D eigenvalue weighted by Gasteiger charge is -2.21. The summed E-state index contributed by atoms with van der Waals surface area (Å²) in [6.45, 7) is 0.826. The monoisotopic (exact) mass is 165 g/mol. The Balaban J connectivity index is 2.46. The first-order valence-electron chi connectivity index (χ1n) is 5.02. The zero-order valence-electron chi connectivity index (χ0n) is 7.76. The molecule has 0 spiro atoms. The summed E-state index contributed by atoms with van der Waals surface area (Å²) < 4.78 is 0. The van der Waals surface area contributed by atoms with Gasteiger partial charge < -0.3 is 5.73 Å². The first-order valence-corrected chi connectivity index (χ1v) is 5.02. The van der Waals surface area contributed by atoms with E-state index in [2.05, 4.69) is 5.92 Å². The molecular weight excluding hydrogens is 146 g/mol.